The maximum absolute atomic E-state index is 13.1. The summed E-state index contributed by atoms with van der Waals surface area (Å²) >= 11 is 0. The number of rotatable bonds is 5. The molecule has 1 amide bonds. The van der Waals surface area contributed by atoms with E-state index in [0.717, 1.165) is 0 Å². The fourth-order valence-corrected chi connectivity index (χ4v) is 3.11. The third-order valence-corrected chi connectivity index (χ3v) is 4.66. The van der Waals surface area contributed by atoms with Crippen LogP contribution >= 0.6 is 0 Å². The number of aliphatic hydroxyl groups excluding tert-OH is 1. The van der Waals surface area contributed by atoms with Crippen molar-refractivity contribution in [2.24, 2.45) is 7.05 Å². The van der Waals surface area contributed by atoms with E-state index >= 15 is 0 Å². The molecule has 1 atom stereocenters. The first kappa shape index (κ1) is 18.9. The van der Waals surface area contributed by atoms with E-state index in [1.165, 1.54) is 16.8 Å². The number of nitrogens with one attached hydrogen (secondary N) is 1. The lowest BCUT2D eigenvalue weighted by molar-refractivity contribution is 0.0906. The van der Waals surface area contributed by atoms with Gasteiger partial charge in [-0.25, -0.2) is 4.39 Å². The normalized spacial score (nSPS) is 13.8. The number of amides is 1. The van der Waals surface area contributed by atoms with E-state index in [-0.39, 0.29) is 18.3 Å². The maximum Gasteiger partial charge on any atom is 0.269 e. The Hall–Kier alpha value is -3.39. The second kappa shape index (κ2) is 7.92. The van der Waals surface area contributed by atoms with Crippen molar-refractivity contribution in [2.45, 2.75) is 6.10 Å². The third kappa shape index (κ3) is 4.07. The van der Waals surface area contributed by atoms with E-state index in [4.69, 9.17) is 9.47 Å². The summed E-state index contributed by atoms with van der Waals surface area (Å²) in [4.78, 5) is 12.5. The van der Waals surface area contributed by atoms with Crippen molar-refractivity contribution in [1.29, 1.82) is 0 Å². The van der Waals surface area contributed by atoms with Gasteiger partial charge in [-0.15, -0.1) is 0 Å². The Labute approximate surface area is 166 Å². The van der Waals surface area contributed by atoms with Crippen LogP contribution in [0.25, 0.3) is 11.3 Å². The van der Waals surface area contributed by atoms with E-state index in [9.17, 15) is 14.3 Å². The van der Waals surface area contributed by atoms with E-state index in [1.54, 1.807) is 43.4 Å². The molecular formula is C21H20FN3O4. The fraction of sp³-hybridized carbons (Fsp3) is 0.238. The van der Waals surface area contributed by atoms with Gasteiger partial charge in [0, 0.05) is 19.2 Å². The summed E-state index contributed by atoms with van der Waals surface area (Å²) in [6, 6.07) is 12.7. The summed E-state index contributed by atoms with van der Waals surface area (Å²) in [7, 11) is 1.65. The Bertz CT molecular complexity index is 1030. The van der Waals surface area contributed by atoms with E-state index in [0.29, 0.717) is 47.2 Å². The van der Waals surface area contributed by atoms with Crippen LogP contribution < -0.4 is 14.8 Å². The van der Waals surface area contributed by atoms with Gasteiger partial charge in [-0.1, -0.05) is 6.07 Å². The summed E-state index contributed by atoms with van der Waals surface area (Å²) < 4.78 is 25.5. The molecule has 2 N–H and O–H groups in total. The Morgan fingerprint density at radius 3 is 2.66 bits per heavy atom. The molecule has 0 bridgehead atoms. The molecule has 0 aliphatic carbocycles. The molecule has 0 radical (unpaired) electrons. The van der Waals surface area contributed by atoms with Gasteiger partial charge < -0.3 is 19.9 Å². The van der Waals surface area contributed by atoms with E-state index < -0.39 is 6.10 Å². The first-order chi connectivity index (χ1) is 14.0. The van der Waals surface area contributed by atoms with Gasteiger partial charge in [-0.3, -0.25) is 9.48 Å². The predicted octanol–water partition coefficient (Wildman–Crippen LogP) is 2.46. The molecule has 4 rings (SSSR count). The van der Waals surface area contributed by atoms with Crippen molar-refractivity contribution in [2.75, 3.05) is 19.8 Å². The first-order valence-electron chi connectivity index (χ1n) is 9.17. The van der Waals surface area contributed by atoms with Gasteiger partial charge in [0.05, 0.1) is 11.8 Å². The van der Waals surface area contributed by atoms with Crippen LogP contribution in [0.2, 0.25) is 0 Å². The molecule has 29 heavy (non-hydrogen) atoms. The SMILES string of the molecule is Cn1nc(-c2ccc(F)cc2)cc1C(=O)NC[C@@H](O)c1ccc2c(c1)OCCO2. The summed E-state index contributed by atoms with van der Waals surface area (Å²) in [6.07, 6.45) is -0.903. The molecule has 2 heterocycles. The van der Waals surface area contributed by atoms with Gasteiger partial charge >= 0.3 is 0 Å². The lowest BCUT2D eigenvalue weighted by Gasteiger charge is -2.20. The molecule has 0 saturated carbocycles. The molecule has 3 aromatic rings. The summed E-state index contributed by atoms with van der Waals surface area (Å²) in [5, 5.41) is 17.4. The molecule has 1 aliphatic rings. The van der Waals surface area contributed by atoms with Crippen LogP contribution in [-0.2, 0) is 7.05 Å². The zero-order valence-electron chi connectivity index (χ0n) is 15.8. The number of aryl methyl sites for hydroxylation is 1. The quantitative estimate of drug-likeness (QED) is 0.691. The van der Waals surface area contributed by atoms with Gasteiger partial charge in [-0.05, 0) is 48.0 Å². The van der Waals surface area contributed by atoms with Gasteiger partial charge in [0.25, 0.3) is 5.91 Å². The Morgan fingerprint density at radius 2 is 1.90 bits per heavy atom. The highest BCUT2D eigenvalue weighted by Crippen LogP contribution is 2.32. The molecule has 7 nitrogen and oxygen atoms in total. The van der Waals surface area contributed by atoms with E-state index in [1.807, 2.05) is 0 Å². The minimum absolute atomic E-state index is 0.0234. The molecule has 8 heteroatoms. The van der Waals surface area contributed by atoms with Gasteiger partial charge in [0.15, 0.2) is 11.5 Å². The number of carbonyl (C=O) groups excluding carboxylic acids is 1. The first-order valence-corrected chi connectivity index (χ1v) is 9.17. The molecule has 1 aromatic heterocycles. The molecule has 0 saturated heterocycles. The average Bonchev–Trinajstić information content (AvgIpc) is 3.13. The van der Waals surface area contributed by atoms with Gasteiger partial charge in [-0.2, -0.15) is 5.10 Å². The number of hydrogen-bond donors (Lipinski definition) is 2. The van der Waals surface area contributed by atoms with Crippen molar-refractivity contribution in [1.82, 2.24) is 15.1 Å². The minimum atomic E-state index is -0.903. The van der Waals surface area contributed by atoms with E-state index in [2.05, 4.69) is 10.4 Å². The Balaban J connectivity index is 1.42. The smallest absolute Gasteiger partial charge is 0.269 e. The van der Waals surface area contributed by atoms with Crippen molar-refractivity contribution in [3.63, 3.8) is 0 Å². The summed E-state index contributed by atoms with van der Waals surface area (Å²) in [5.41, 5.74) is 2.22. The Morgan fingerprint density at radius 1 is 1.17 bits per heavy atom. The summed E-state index contributed by atoms with van der Waals surface area (Å²) in [5.74, 6) is 0.509. The molecule has 0 spiro atoms. The summed E-state index contributed by atoms with van der Waals surface area (Å²) in [6.45, 7) is 0.977. The van der Waals surface area contributed by atoms with Crippen LogP contribution in [0.4, 0.5) is 4.39 Å². The lowest BCUT2D eigenvalue weighted by atomic mass is 10.1. The highest BCUT2D eigenvalue weighted by Gasteiger charge is 2.18. The van der Waals surface area contributed by atoms with Crippen molar-refractivity contribution in [3.8, 4) is 22.8 Å². The number of hydrogen-bond acceptors (Lipinski definition) is 5. The third-order valence-electron chi connectivity index (χ3n) is 4.66. The zero-order chi connectivity index (χ0) is 20.4. The number of nitrogens with zero attached hydrogens (tertiary/aromatic N) is 2. The average molecular weight is 397 g/mol. The molecule has 2 aromatic carbocycles. The number of aliphatic hydroxyl groups is 1. The topological polar surface area (TPSA) is 85.6 Å². The number of carbonyl (C=O) groups is 1. The maximum atomic E-state index is 13.1. The number of benzene rings is 2. The highest BCUT2D eigenvalue weighted by atomic mass is 19.1. The molecule has 0 unspecified atom stereocenters. The van der Waals surface area contributed by atoms with Crippen LogP contribution in [-0.4, -0.2) is 40.6 Å². The zero-order valence-corrected chi connectivity index (χ0v) is 15.8. The fourth-order valence-electron chi connectivity index (χ4n) is 3.11. The van der Waals surface area contributed by atoms with Crippen molar-refractivity contribution >= 4 is 5.91 Å². The van der Waals surface area contributed by atoms with Crippen LogP contribution in [0.5, 0.6) is 11.5 Å². The molecule has 150 valence electrons. The standard InChI is InChI=1S/C21H20FN3O4/c1-25-17(11-16(24-25)13-2-5-15(22)6-3-13)21(27)23-12-18(26)14-4-7-19-20(10-14)29-9-8-28-19/h2-7,10-11,18,26H,8-9,12H2,1H3,(H,23,27)/t18-/m1/s1. The minimum Gasteiger partial charge on any atom is -0.486 e. The van der Waals surface area contributed by atoms with Crippen molar-refractivity contribution < 1.29 is 23.8 Å². The monoisotopic (exact) mass is 397 g/mol. The number of ether oxygens (including phenoxy) is 2. The molecular weight excluding hydrogens is 377 g/mol. The van der Waals surface area contributed by atoms with Crippen LogP contribution in [0.1, 0.15) is 22.2 Å². The predicted molar refractivity (Wildman–Crippen MR) is 103 cm³/mol. The second-order valence-corrected chi connectivity index (χ2v) is 6.67. The largest absolute Gasteiger partial charge is 0.486 e. The number of aromatic nitrogens is 2. The molecule has 0 fully saturated rings. The van der Waals surface area contributed by atoms with Crippen molar-refractivity contribution in [3.05, 3.63) is 65.6 Å². The lowest BCUT2D eigenvalue weighted by Crippen LogP contribution is -2.30. The van der Waals surface area contributed by atoms with Crippen LogP contribution in [0.15, 0.2) is 48.5 Å². The molecule has 1 aliphatic heterocycles. The Kier molecular flexibility index (Phi) is 5.18. The number of fused-ring (bicyclic) bond motifs is 1. The highest BCUT2D eigenvalue weighted by molar-refractivity contribution is 5.93. The van der Waals surface area contributed by atoms with Crippen LogP contribution in [0.3, 0.4) is 0 Å². The second-order valence-electron chi connectivity index (χ2n) is 6.67. The number of halogens is 1. The van der Waals surface area contributed by atoms with Gasteiger partial charge in [0.2, 0.25) is 0 Å². The van der Waals surface area contributed by atoms with Gasteiger partial charge in [0.1, 0.15) is 24.7 Å². The van der Waals surface area contributed by atoms with Crippen LogP contribution in [0, 0.1) is 5.82 Å².